The van der Waals surface area contributed by atoms with E-state index in [0.29, 0.717) is 5.56 Å². The zero-order valence-corrected chi connectivity index (χ0v) is 19.5. The van der Waals surface area contributed by atoms with Crippen molar-refractivity contribution in [2.75, 3.05) is 0 Å². The first-order valence-electron chi connectivity index (χ1n) is 11.8. The summed E-state index contributed by atoms with van der Waals surface area (Å²) in [7, 11) is 0. The van der Waals surface area contributed by atoms with Crippen LogP contribution in [0.15, 0.2) is 42.0 Å². The predicted molar refractivity (Wildman–Crippen MR) is 127 cm³/mol. The number of carboxylic acids is 1. The van der Waals surface area contributed by atoms with Crippen LogP contribution in [0.1, 0.15) is 98.0 Å². The Morgan fingerprint density at radius 2 is 1.52 bits per heavy atom. The van der Waals surface area contributed by atoms with Crippen LogP contribution < -0.4 is 0 Å². The van der Waals surface area contributed by atoms with Crippen molar-refractivity contribution in [3.8, 4) is 0 Å². The number of rotatable bonds is 3. The number of benzene rings is 2. The molecule has 0 aliphatic heterocycles. The fourth-order valence-corrected chi connectivity index (χ4v) is 6.11. The smallest absolute Gasteiger partial charge is 0.335 e. The van der Waals surface area contributed by atoms with Gasteiger partial charge in [0.05, 0.1) is 5.56 Å². The van der Waals surface area contributed by atoms with E-state index in [1.165, 1.54) is 65.5 Å². The van der Waals surface area contributed by atoms with Gasteiger partial charge in [-0.2, -0.15) is 0 Å². The molecule has 1 N–H and O–H groups in total. The summed E-state index contributed by atoms with van der Waals surface area (Å²) in [6.45, 7) is 11.8. The summed E-state index contributed by atoms with van der Waals surface area (Å²) in [6, 6.07) is 12.5. The van der Waals surface area contributed by atoms with Gasteiger partial charge in [-0.25, -0.2) is 4.79 Å². The fourth-order valence-electron chi connectivity index (χ4n) is 6.11. The van der Waals surface area contributed by atoms with Crippen molar-refractivity contribution in [1.82, 2.24) is 0 Å². The van der Waals surface area contributed by atoms with Crippen LogP contribution >= 0.6 is 0 Å². The monoisotopic (exact) mass is 414 g/mol. The lowest BCUT2D eigenvalue weighted by atomic mass is 9.62. The van der Waals surface area contributed by atoms with E-state index in [2.05, 4.69) is 46.8 Å². The van der Waals surface area contributed by atoms with Crippen molar-refractivity contribution in [2.24, 2.45) is 11.8 Å². The number of carbonyl (C=O) groups is 1. The van der Waals surface area contributed by atoms with Crippen molar-refractivity contribution < 1.29 is 9.90 Å². The number of fused-ring (bicyclic) bond motifs is 2. The molecule has 0 heterocycles. The summed E-state index contributed by atoms with van der Waals surface area (Å²) in [6.07, 6.45) is 6.24. The van der Waals surface area contributed by atoms with Crippen LogP contribution in [0.5, 0.6) is 0 Å². The topological polar surface area (TPSA) is 37.3 Å². The number of aryl methyl sites for hydroxylation is 1. The van der Waals surface area contributed by atoms with Crippen LogP contribution in [-0.2, 0) is 10.8 Å². The minimum Gasteiger partial charge on any atom is -0.478 e. The highest BCUT2D eigenvalue weighted by molar-refractivity contribution is 5.90. The summed E-state index contributed by atoms with van der Waals surface area (Å²) < 4.78 is 0. The Morgan fingerprint density at radius 3 is 2.03 bits per heavy atom. The molecule has 2 heteroatoms. The Labute approximate surface area is 186 Å². The Balaban J connectivity index is 1.72. The fraction of sp³-hybridized carbons (Fsp3) is 0.483. The van der Waals surface area contributed by atoms with Gasteiger partial charge >= 0.3 is 5.97 Å². The van der Waals surface area contributed by atoms with Gasteiger partial charge in [-0.3, -0.25) is 0 Å². The molecule has 2 nitrogen and oxygen atoms in total. The molecular weight excluding hydrogens is 380 g/mol. The molecule has 5 rings (SSSR count). The second kappa shape index (κ2) is 6.82. The van der Waals surface area contributed by atoms with Gasteiger partial charge in [-0.05, 0) is 107 Å². The summed E-state index contributed by atoms with van der Waals surface area (Å²) >= 11 is 0. The summed E-state index contributed by atoms with van der Waals surface area (Å²) in [5.41, 5.74) is 10.6. The Morgan fingerprint density at radius 1 is 0.935 bits per heavy atom. The van der Waals surface area contributed by atoms with Crippen molar-refractivity contribution in [3.05, 3.63) is 75.4 Å². The minimum absolute atomic E-state index is 0.175. The van der Waals surface area contributed by atoms with Gasteiger partial charge in [-0.15, -0.1) is 0 Å². The highest BCUT2D eigenvalue weighted by atomic mass is 16.4. The number of hydrogen-bond donors (Lipinski definition) is 1. The van der Waals surface area contributed by atoms with Gasteiger partial charge in [0.15, 0.2) is 0 Å². The molecule has 0 amide bonds. The lowest BCUT2D eigenvalue weighted by molar-refractivity contribution is 0.0697. The lowest BCUT2D eigenvalue weighted by Crippen LogP contribution is -2.34. The quantitative estimate of drug-likeness (QED) is 0.573. The third-order valence-electron chi connectivity index (χ3n) is 8.36. The van der Waals surface area contributed by atoms with Gasteiger partial charge in [0.1, 0.15) is 0 Å². The van der Waals surface area contributed by atoms with Crippen molar-refractivity contribution in [2.45, 2.75) is 77.6 Å². The molecule has 2 unspecified atom stereocenters. The molecule has 162 valence electrons. The highest BCUT2D eigenvalue weighted by Gasteiger charge is 2.46. The van der Waals surface area contributed by atoms with Crippen molar-refractivity contribution in [3.63, 3.8) is 0 Å². The molecular formula is C29H34O2. The third kappa shape index (κ3) is 3.35. The Kier molecular flexibility index (Phi) is 4.52. The van der Waals surface area contributed by atoms with Crippen molar-refractivity contribution >= 4 is 11.5 Å². The SMILES string of the molecule is Cc1cc2c(cc1C(=C1CCC3CC13)c1ccc(C(=O)O)cc1)C(C)(C)CCC2(C)C. The maximum Gasteiger partial charge on any atom is 0.335 e. The number of allylic oxidation sites excluding steroid dienone is 1. The molecule has 31 heavy (non-hydrogen) atoms. The van der Waals surface area contributed by atoms with Gasteiger partial charge in [0.2, 0.25) is 0 Å². The van der Waals surface area contributed by atoms with E-state index in [1.807, 2.05) is 12.1 Å². The van der Waals surface area contributed by atoms with E-state index in [1.54, 1.807) is 17.7 Å². The zero-order valence-electron chi connectivity index (χ0n) is 19.5. The Hall–Kier alpha value is -2.35. The van der Waals surface area contributed by atoms with Crippen LogP contribution in [0.4, 0.5) is 0 Å². The predicted octanol–water partition coefficient (Wildman–Crippen LogP) is 7.27. The third-order valence-corrected chi connectivity index (χ3v) is 8.36. The molecule has 2 aromatic rings. The van der Waals surface area contributed by atoms with Gasteiger partial charge in [0, 0.05) is 0 Å². The molecule has 2 saturated carbocycles. The standard InChI is InChI=1S/C29H34O2/c1-17-14-24-25(29(4,5)13-12-28(24,2)3)16-22(17)26(21-11-10-20-15-23(20)21)18-6-8-19(9-7-18)27(30)31/h6-9,14,16,20,23H,10-13,15H2,1-5H3,(H,30,31). The molecule has 3 aliphatic carbocycles. The van der Waals surface area contributed by atoms with E-state index in [4.69, 9.17) is 0 Å². The van der Waals surface area contributed by atoms with E-state index in [9.17, 15) is 9.90 Å². The molecule has 0 radical (unpaired) electrons. The first-order valence-corrected chi connectivity index (χ1v) is 11.8. The van der Waals surface area contributed by atoms with E-state index >= 15 is 0 Å². The maximum atomic E-state index is 11.4. The van der Waals surface area contributed by atoms with Crippen LogP contribution in [0.25, 0.3) is 5.57 Å². The van der Waals surface area contributed by atoms with Crippen LogP contribution in [0, 0.1) is 18.8 Å². The number of hydrogen-bond acceptors (Lipinski definition) is 1. The largest absolute Gasteiger partial charge is 0.478 e. The lowest BCUT2D eigenvalue weighted by Gasteiger charge is -2.42. The van der Waals surface area contributed by atoms with Crippen LogP contribution in [0.2, 0.25) is 0 Å². The summed E-state index contributed by atoms with van der Waals surface area (Å²) in [5, 5.41) is 9.36. The molecule has 2 aromatic carbocycles. The van der Waals surface area contributed by atoms with Gasteiger partial charge in [-0.1, -0.05) is 57.5 Å². The maximum absolute atomic E-state index is 11.4. The zero-order chi connectivity index (χ0) is 22.1. The van der Waals surface area contributed by atoms with E-state index < -0.39 is 5.97 Å². The Bertz CT molecular complexity index is 1100. The first kappa shape index (κ1) is 20.5. The second-order valence-electron chi connectivity index (χ2n) is 11.4. The van der Waals surface area contributed by atoms with E-state index in [-0.39, 0.29) is 10.8 Å². The molecule has 0 spiro atoms. The molecule has 0 aromatic heterocycles. The van der Waals surface area contributed by atoms with Crippen LogP contribution in [-0.4, -0.2) is 11.1 Å². The average Bonchev–Trinajstić information content (AvgIpc) is 3.39. The summed E-state index contributed by atoms with van der Waals surface area (Å²) in [4.78, 5) is 11.4. The average molecular weight is 415 g/mol. The van der Waals surface area contributed by atoms with Crippen LogP contribution in [0.3, 0.4) is 0 Å². The highest BCUT2D eigenvalue weighted by Crippen LogP contribution is 2.58. The molecule has 0 saturated heterocycles. The van der Waals surface area contributed by atoms with Crippen molar-refractivity contribution in [1.29, 1.82) is 0 Å². The second-order valence-corrected chi connectivity index (χ2v) is 11.4. The normalized spacial score (nSPS) is 26.7. The molecule has 2 atom stereocenters. The van der Waals surface area contributed by atoms with Gasteiger partial charge in [0.25, 0.3) is 0 Å². The molecule has 2 fully saturated rings. The summed E-state index contributed by atoms with van der Waals surface area (Å²) in [5.74, 6) is 0.739. The first-order chi connectivity index (χ1) is 14.6. The molecule has 0 bridgehead atoms. The molecule has 3 aliphatic rings. The minimum atomic E-state index is -0.863. The number of aromatic carboxylic acids is 1. The van der Waals surface area contributed by atoms with Gasteiger partial charge < -0.3 is 5.11 Å². The number of carboxylic acid groups (broad SMARTS) is 1. The van der Waals surface area contributed by atoms with E-state index in [0.717, 1.165) is 11.8 Å².